The van der Waals surface area contributed by atoms with Crippen LogP contribution in [0.3, 0.4) is 0 Å². The second-order valence-corrected chi connectivity index (χ2v) is 10.3. The SMILES string of the molecule is COc1cncc2nc(-c3c[nH]nc3C)nc(N3CCC4(CCN(CC(C)(C)O)C4)CC3)c12. The predicted molar refractivity (Wildman–Crippen MR) is 127 cm³/mol. The summed E-state index contributed by atoms with van der Waals surface area (Å²) in [5.74, 6) is 2.24. The van der Waals surface area contributed by atoms with Gasteiger partial charge in [-0.05, 0) is 52.0 Å². The molecule has 0 unspecified atom stereocenters. The molecule has 3 aromatic heterocycles. The number of methoxy groups -OCH3 is 1. The van der Waals surface area contributed by atoms with Gasteiger partial charge in [0.2, 0.25) is 0 Å². The van der Waals surface area contributed by atoms with E-state index in [9.17, 15) is 5.11 Å². The molecule has 9 heteroatoms. The minimum absolute atomic E-state index is 0.320. The molecule has 5 heterocycles. The standard InChI is InChI=1S/C24H33N7O2/c1-16-17(11-26-29-16)21-27-18-12-25-13-19(33-4)20(18)22(28-21)31-9-6-24(7-10-31)5-8-30(15-24)14-23(2,3)32/h11-13,32H,5-10,14-15H2,1-4H3,(H,26,29). The highest BCUT2D eigenvalue weighted by Crippen LogP contribution is 2.43. The molecule has 2 saturated heterocycles. The van der Waals surface area contributed by atoms with Crippen LogP contribution in [0.5, 0.6) is 5.75 Å². The van der Waals surface area contributed by atoms with Crippen molar-refractivity contribution in [2.45, 2.75) is 45.6 Å². The highest BCUT2D eigenvalue weighted by Gasteiger charge is 2.42. The topological polar surface area (TPSA) is 103 Å². The molecule has 0 aliphatic carbocycles. The quantitative estimate of drug-likeness (QED) is 0.610. The average molecular weight is 452 g/mol. The first kappa shape index (κ1) is 22.0. The van der Waals surface area contributed by atoms with Gasteiger partial charge in [0.1, 0.15) is 11.6 Å². The molecule has 0 saturated carbocycles. The predicted octanol–water partition coefficient (Wildman–Crippen LogP) is 2.80. The highest BCUT2D eigenvalue weighted by molar-refractivity contribution is 5.95. The minimum Gasteiger partial charge on any atom is -0.494 e. The maximum absolute atomic E-state index is 10.2. The highest BCUT2D eigenvalue weighted by atomic mass is 16.5. The van der Waals surface area contributed by atoms with Crippen molar-refractivity contribution >= 4 is 16.7 Å². The van der Waals surface area contributed by atoms with E-state index < -0.39 is 5.60 Å². The largest absolute Gasteiger partial charge is 0.494 e. The molecule has 0 amide bonds. The maximum atomic E-state index is 10.2. The average Bonchev–Trinajstić information content (AvgIpc) is 3.38. The van der Waals surface area contributed by atoms with Gasteiger partial charge >= 0.3 is 0 Å². The van der Waals surface area contributed by atoms with Gasteiger partial charge in [0.15, 0.2) is 5.82 Å². The van der Waals surface area contributed by atoms with E-state index in [1.165, 1.54) is 6.42 Å². The molecule has 33 heavy (non-hydrogen) atoms. The number of ether oxygens (including phenoxy) is 1. The van der Waals surface area contributed by atoms with Gasteiger partial charge < -0.3 is 14.7 Å². The Morgan fingerprint density at radius 1 is 1.15 bits per heavy atom. The van der Waals surface area contributed by atoms with Crippen molar-refractivity contribution in [1.82, 2.24) is 30.0 Å². The van der Waals surface area contributed by atoms with Gasteiger partial charge in [0, 0.05) is 32.4 Å². The maximum Gasteiger partial charge on any atom is 0.165 e. The van der Waals surface area contributed by atoms with Gasteiger partial charge in [0.25, 0.3) is 0 Å². The van der Waals surface area contributed by atoms with Crippen LogP contribution in [0.1, 0.15) is 38.8 Å². The van der Waals surface area contributed by atoms with Crippen LogP contribution in [0.4, 0.5) is 5.82 Å². The number of anilines is 1. The van der Waals surface area contributed by atoms with Crippen LogP contribution in [0.2, 0.25) is 0 Å². The fourth-order valence-electron chi connectivity index (χ4n) is 5.44. The number of pyridine rings is 1. The number of rotatable bonds is 5. The molecule has 2 fully saturated rings. The third-order valence-corrected chi connectivity index (χ3v) is 7.10. The first-order valence-corrected chi connectivity index (χ1v) is 11.7. The Balaban J connectivity index is 1.45. The molecule has 2 N–H and O–H groups in total. The van der Waals surface area contributed by atoms with Crippen molar-refractivity contribution < 1.29 is 9.84 Å². The zero-order chi connectivity index (χ0) is 23.2. The fraction of sp³-hybridized carbons (Fsp3) is 0.583. The summed E-state index contributed by atoms with van der Waals surface area (Å²) in [6, 6.07) is 0. The van der Waals surface area contributed by atoms with Crippen molar-refractivity contribution in [2.75, 3.05) is 44.7 Å². The Bertz CT molecular complexity index is 1150. The first-order chi connectivity index (χ1) is 15.8. The first-order valence-electron chi connectivity index (χ1n) is 11.7. The number of aromatic nitrogens is 5. The van der Waals surface area contributed by atoms with Crippen LogP contribution in [0.25, 0.3) is 22.3 Å². The Labute approximate surface area is 194 Å². The van der Waals surface area contributed by atoms with Crippen molar-refractivity contribution in [3.8, 4) is 17.1 Å². The van der Waals surface area contributed by atoms with Crippen molar-refractivity contribution in [3.63, 3.8) is 0 Å². The number of aromatic amines is 1. The molecule has 0 atom stereocenters. The van der Waals surface area contributed by atoms with Crippen LogP contribution in [-0.2, 0) is 0 Å². The van der Waals surface area contributed by atoms with Gasteiger partial charge in [-0.3, -0.25) is 15.0 Å². The number of aryl methyl sites for hydroxylation is 1. The molecule has 5 rings (SSSR count). The Morgan fingerprint density at radius 3 is 2.58 bits per heavy atom. The minimum atomic E-state index is -0.654. The van der Waals surface area contributed by atoms with E-state index in [1.807, 2.05) is 27.0 Å². The lowest BCUT2D eigenvalue weighted by atomic mass is 9.77. The Morgan fingerprint density at radius 2 is 1.91 bits per heavy atom. The fourth-order valence-corrected chi connectivity index (χ4v) is 5.44. The number of fused-ring (bicyclic) bond motifs is 1. The van der Waals surface area contributed by atoms with E-state index in [-0.39, 0.29) is 0 Å². The molecule has 9 nitrogen and oxygen atoms in total. The lowest BCUT2D eigenvalue weighted by molar-refractivity contribution is 0.0390. The number of nitrogens with zero attached hydrogens (tertiary/aromatic N) is 6. The third kappa shape index (κ3) is 4.27. The van der Waals surface area contributed by atoms with Gasteiger partial charge in [0.05, 0.1) is 47.3 Å². The smallest absolute Gasteiger partial charge is 0.165 e. The molecule has 0 aromatic carbocycles. The Hall–Kier alpha value is -2.78. The number of H-pyrrole nitrogens is 1. The van der Waals surface area contributed by atoms with Gasteiger partial charge in [-0.2, -0.15) is 5.10 Å². The van der Waals surface area contributed by atoms with Crippen molar-refractivity contribution in [1.29, 1.82) is 0 Å². The van der Waals surface area contributed by atoms with E-state index in [0.29, 0.717) is 17.0 Å². The van der Waals surface area contributed by atoms with Gasteiger partial charge in [-0.25, -0.2) is 9.97 Å². The summed E-state index contributed by atoms with van der Waals surface area (Å²) in [5.41, 5.74) is 2.20. The molecule has 2 aliphatic rings. The van der Waals surface area contributed by atoms with Crippen LogP contribution < -0.4 is 9.64 Å². The van der Waals surface area contributed by atoms with E-state index in [2.05, 4.69) is 25.0 Å². The van der Waals surface area contributed by atoms with Crippen molar-refractivity contribution in [2.24, 2.45) is 5.41 Å². The third-order valence-electron chi connectivity index (χ3n) is 7.10. The zero-order valence-electron chi connectivity index (χ0n) is 19.9. The number of hydrogen-bond acceptors (Lipinski definition) is 8. The summed E-state index contributed by atoms with van der Waals surface area (Å²) in [4.78, 5) is 18.9. The van der Waals surface area contributed by atoms with E-state index in [4.69, 9.17) is 14.7 Å². The number of hydrogen-bond donors (Lipinski definition) is 2. The number of β-amino-alcohol motifs (C(OH)–C–C–N with tert-alkyl or cyclic N) is 1. The second-order valence-electron chi connectivity index (χ2n) is 10.3. The van der Waals surface area contributed by atoms with Crippen LogP contribution in [0.15, 0.2) is 18.6 Å². The summed E-state index contributed by atoms with van der Waals surface area (Å²) < 4.78 is 5.65. The van der Waals surface area contributed by atoms with Crippen LogP contribution in [0, 0.1) is 12.3 Å². The lowest BCUT2D eigenvalue weighted by Gasteiger charge is -2.40. The molecule has 176 valence electrons. The Kier molecular flexibility index (Phi) is 5.49. The molecule has 2 aliphatic heterocycles. The number of piperidine rings is 1. The van der Waals surface area contributed by atoms with Gasteiger partial charge in [-0.15, -0.1) is 0 Å². The zero-order valence-corrected chi connectivity index (χ0v) is 19.9. The number of nitrogens with one attached hydrogen (secondary N) is 1. The number of likely N-dealkylation sites (tertiary alicyclic amines) is 1. The molecule has 0 bridgehead atoms. The molecule has 0 radical (unpaired) electrons. The summed E-state index contributed by atoms with van der Waals surface area (Å²) in [5, 5.41) is 18.3. The summed E-state index contributed by atoms with van der Waals surface area (Å²) in [6.45, 7) is 10.4. The van der Waals surface area contributed by atoms with Gasteiger partial charge in [-0.1, -0.05) is 0 Å². The van der Waals surface area contributed by atoms with E-state index in [1.54, 1.807) is 19.5 Å². The summed E-state index contributed by atoms with van der Waals surface area (Å²) in [7, 11) is 1.66. The van der Waals surface area contributed by atoms with Crippen LogP contribution >= 0.6 is 0 Å². The normalized spacial score (nSPS) is 19.0. The second kappa shape index (κ2) is 8.22. The summed E-state index contributed by atoms with van der Waals surface area (Å²) >= 11 is 0. The lowest BCUT2D eigenvalue weighted by Crippen LogP contribution is -2.43. The molecule has 3 aromatic rings. The van der Waals surface area contributed by atoms with Crippen molar-refractivity contribution in [3.05, 3.63) is 24.3 Å². The van der Waals surface area contributed by atoms with E-state index >= 15 is 0 Å². The monoisotopic (exact) mass is 451 g/mol. The summed E-state index contributed by atoms with van der Waals surface area (Å²) in [6.07, 6.45) is 8.75. The number of aliphatic hydroxyl groups is 1. The van der Waals surface area contributed by atoms with Crippen LogP contribution in [-0.4, -0.2) is 80.6 Å². The molecular weight excluding hydrogens is 418 g/mol. The van der Waals surface area contributed by atoms with E-state index in [0.717, 1.165) is 73.5 Å². The molecular formula is C24H33N7O2. The molecule has 1 spiro atoms.